The van der Waals surface area contributed by atoms with Crippen molar-refractivity contribution >= 4 is 15.7 Å². The molecule has 30 heavy (non-hydrogen) atoms. The van der Waals surface area contributed by atoms with Crippen LogP contribution in [0, 0.1) is 17.0 Å². The van der Waals surface area contributed by atoms with E-state index in [9.17, 15) is 22.0 Å². The second kappa shape index (κ2) is 8.07. The fourth-order valence-electron chi connectivity index (χ4n) is 4.05. The number of nitrogens with zero attached hydrogens (tertiary/aromatic N) is 1. The van der Waals surface area contributed by atoms with E-state index in [1.54, 1.807) is 6.07 Å². The van der Waals surface area contributed by atoms with Crippen LogP contribution in [0.25, 0.3) is 11.3 Å². The Morgan fingerprint density at radius 2 is 2.00 bits per heavy atom. The molecule has 1 aromatic heterocycles. The minimum Gasteiger partial charge on any atom is -0.381 e. The highest BCUT2D eigenvalue weighted by atomic mass is 32.2. The van der Waals surface area contributed by atoms with Crippen LogP contribution in [0.1, 0.15) is 25.0 Å². The number of carbonyl (C=O) groups is 1. The first-order chi connectivity index (χ1) is 14.3. The molecule has 1 N–H and O–H groups in total. The zero-order valence-corrected chi connectivity index (χ0v) is 17.0. The Balaban J connectivity index is 1.53. The van der Waals surface area contributed by atoms with Crippen LogP contribution in [-0.4, -0.2) is 50.2 Å². The Bertz CT molecular complexity index is 1050. The molecule has 0 spiro atoms. The standard InChI is InChI=1S/C20H22F2N2O5S/c21-13-1-2-16(17(22)9-13)18-10-15(29-24-18)11-20(4-6-28-7-5-20)19(25)23-14-3-8-30(26,27)12-14/h1-2,9-10,14H,3-8,11-12H2,(H,23,25). The smallest absolute Gasteiger partial charge is 0.227 e. The number of ether oxygens (including phenoxy) is 1. The van der Waals surface area contributed by atoms with Crippen molar-refractivity contribution in [1.29, 1.82) is 0 Å². The van der Waals surface area contributed by atoms with Crippen molar-refractivity contribution in [1.82, 2.24) is 10.5 Å². The summed E-state index contributed by atoms with van der Waals surface area (Å²) in [7, 11) is -3.12. The molecule has 0 saturated carbocycles. The van der Waals surface area contributed by atoms with Crippen LogP contribution in [0.15, 0.2) is 28.8 Å². The molecule has 2 aliphatic rings. The van der Waals surface area contributed by atoms with Crippen LogP contribution in [-0.2, 0) is 25.8 Å². The highest BCUT2D eigenvalue weighted by Crippen LogP contribution is 2.36. The highest BCUT2D eigenvalue weighted by Gasteiger charge is 2.43. The number of sulfone groups is 1. The number of hydrogen-bond donors (Lipinski definition) is 1. The van der Waals surface area contributed by atoms with Crippen LogP contribution < -0.4 is 5.32 Å². The van der Waals surface area contributed by atoms with Crippen molar-refractivity contribution in [3.63, 3.8) is 0 Å². The van der Waals surface area contributed by atoms with E-state index in [1.807, 2.05) is 0 Å². The number of nitrogens with one attached hydrogen (secondary N) is 1. The average molecular weight is 440 g/mol. The lowest BCUT2D eigenvalue weighted by atomic mass is 9.75. The quantitative estimate of drug-likeness (QED) is 0.766. The van der Waals surface area contributed by atoms with Gasteiger partial charge in [-0.2, -0.15) is 0 Å². The molecule has 2 saturated heterocycles. The minimum absolute atomic E-state index is 0.0539. The first-order valence-corrected chi connectivity index (χ1v) is 11.6. The van der Waals surface area contributed by atoms with Crippen LogP contribution >= 0.6 is 0 Å². The molecular weight excluding hydrogens is 418 g/mol. The molecule has 1 aromatic carbocycles. The Morgan fingerprint density at radius 3 is 2.67 bits per heavy atom. The van der Waals surface area contributed by atoms with E-state index in [1.165, 1.54) is 6.07 Å². The van der Waals surface area contributed by atoms with Crippen molar-refractivity contribution in [2.45, 2.75) is 31.7 Å². The predicted octanol–water partition coefficient (Wildman–Crippen LogP) is 2.26. The molecule has 2 aliphatic heterocycles. The fraction of sp³-hybridized carbons (Fsp3) is 0.500. The van der Waals surface area contributed by atoms with Gasteiger partial charge in [-0.3, -0.25) is 4.79 Å². The molecule has 1 atom stereocenters. The number of rotatable bonds is 5. The van der Waals surface area contributed by atoms with Gasteiger partial charge in [0.2, 0.25) is 5.91 Å². The molecule has 7 nitrogen and oxygen atoms in total. The second-order valence-electron chi connectivity index (χ2n) is 7.95. The lowest BCUT2D eigenvalue weighted by molar-refractivity contribution is -0.137. The Morgan fingerprint density at radius 1 is 1.23 bits per heavy atom. The number of carbonyl (C=O) groups excluding carboxylic acids is 1. The molecule has 0 aliphatic carbocycles. The summed E-state index contributed by atoms with van der Waals surface area (Å²) in [6.07, 6.45) is 1.51. The van der Waals surface area contributed by atoms with Crippen LogP contribution in [0.5, 0.6) is 0 Å². The molecule has 4 rings (SSSR count). The van der Waals surface area contributed by atoms with E-state index in [-0.39, 0.29) is 35.1 Å². The number of benzene rings is 1. The first-order valence-electron chi connectivity index (χ1n) is 9.77. The van der Waals surface area contributed by atoms with Crippen LogP contribution in [0.2, 0.25) is 0 Å². The van der Waals surface area contributed by atoms with Crippen molar-refractivity contribution in [2.24, 2.45) is 5.41 Å². The number of halogens is 2. The summed E-state index contributed by atoms with van der Waals surface area (Å²) in [5.41, 5.74) is -0.511. The maximum Gasteiger partial charge on any atom is 0.227 e. The van der Waals surface area contributed by atoms with Gasteiger partial charge in [0.15, 0.2) is 9.84 Å². The highest BCUT2D eigenvalue weighted by molar-refractivity contribution is 7.91. The third kappa shape index (κ3) is 4.39. The summed E-state index contributed by atoms with van der Waals surface area (Å²) in [5.74, 6) is -1.27. The minimum atomic E-state index is -3.12. The van der Waals surface area contributed by atoms with E-state index in [4.69, 9.17) is 9.26 Å². The Labute approximate surface area is 172 Å². The molecule has 0 radical (unpaired) electrons. The molecule has 162 valence electrons. The molecule has 1 amide bonds. The molecule has 2 fully saturated rings. The number of amides is 1. The zero-order valence-electron chi connectivity index (χ0n) is 16.2. The lowest BCUT2D eigenvalue weighted by Crippen LogP contribution is -2.49. The molecule has 2 aromatic rings. The summed E-state index contributed by atoms with van der Waals surface area (Å²) in [5, 5.41) is 6.76. The van der Waals surface area contributed by atoms with E-state index in [0.29, 0.717) is 38.2 Å². The zero-order chi connectivity index (χ0) is 21.4. The molecular formula is C20H22F2N2O5S. The summed E-state index contributed by atoms with van der Waals surface area (Å²) in [6.45, 7) is 0.786. The van der Waals surface area contributed by atoms with Gasteiger partial charge in [0.1, 0.15) is 23.1 Å². The van der Waals surface area contributed by atoms with Crippen LogP contribution in [0.3, 0.4) is 0 Å². The summed E-state index contributed by atoms with van der Waals surface area (Å²) in [4.78, 5) is 13.1. The maximum absolute atomic E-state index is 14.0. The summed E-state index contributed by atoms with van der Waals surface area (Å²) >= 11 is 0. The van der Waals surface area contributed by atoms with E-state index >= 15 is 0 Å². The van der Waals surface area contributed by atoms with Gasteiger partial charge in [0.25, 0.3) is 0 Å². The number of aromatic nitrogens is 1. The van der Waals surface area contributed by atoms with Gasteiger partial charge < -0.3 is 14.6 Å². The van der Waals surface area contributed by atoms with Crippen LogP contribution in [0.4, 0.5) is 8.78 Å². The van der Waals surface area contributed by atoms with E-state index < -0.39 is 32.9 Å². The summed E-state index contributed by atoms with van der Waals surface area (Å²) < 4.78 is 61.4. The Kier molecular flexibility index (Phi) is 5.63. The van der Waals surface area contributed by atoms with Gasteiger partial charge in [-0.15, -0.1) is 0 Å². The SMILES string of the molecule is O=C(NC1CCS(=O)(=O)C1)C1(Cc2cc(-c3ccc(F)cc3F)no2)CCOCC1. The third-order valence-electron chi connectivity index (χ3n) is 5.78. The van der Waals surface area contributed by atoms with Gasteiger partial charge in [-0.1, -0.05) is 5.16 Å². The van der Waals surface area contributed by atoms with Crippen molar-refractivity contribution < 1.29 is 31.3 Å². The molecule has 3 heterocycles. The third-order valence-corrected chi connectivity index (χ3v) is 7.55. The Hall–Kier alpha value is -2.33. The fourth-order valence-corrected chi connectivity index (χ4v) is 5.72. The van der Waals surface area contributed by atoms with Crippen molar-refractivity contribution in [3.05, 3.63) is 41.7 Å². The van der Waals surface area contributed by atoms with E-state index in [0.717, 1.165) is 12.1 Å². The van der Waals surface area contributed by atoms with Gasteiger partial charge in [-0.05, 0) is 31.4 Å². The van der Waals surface area contributed by atoms with E-state index in [2.05, 4.69) is 10.5 Å². The first kappa shape index (κ1) is 20.9. The normalized spacial score (nSPS) is 22.7. The predicted molar refractivity (Wildman–Crippen MR) is 103 cm³/mol. The topological polar surface area (TPSA) is 98.5 Å². The van der Waals surface area contributed by atoms with Gasteiger partial charge in [0.05, 0.1) is 16.9 Å². The van der Waals surface area contributed by atoms with Crippen molar-refractivity contribution in [2.75, 3.05) is 24.7 Å². The largest absolute Gasteiger partial charge is 0.381 e. The molecule has 10 heteroatoms. The maximum atomic E-state index is 14.0. The average Bonchev–Trinajstić information content (AvgIpc) is 3.28. The number of hydrogen-bond acceptors (Lipinski definition) is 6. The van der Waals surface area contributed by atoms with Gasteiger partial charge >= 0.3 is 0 Å². The lowest BCUT2D eigenvalue weighted by Gasteiger charge is -2.35. The second-order valence-corrected chi connectivity index (χ2v) is 10.2. The summed E-state index contributed by atoms with van der Waals surface area (Å²) in [6, 6.07) is 4.33. The molecule has 0 bridgehead atoms. The van der Waals surface area contributed by atoms with Gasteiger partial charge in [-0.25, -0.2) is 17.2 Å². The van der Waals surface area contributed by atoms with Gasteiger partial charge in [0, 0.05) is 43.4 Å². The molecule has 1 unspecified atom stereocenters. The van der Waals surface area contributed by atoms with Crippen molar-refractivity contribution in [3.8, 4) is 11.3 Å². The monoisotopic (exact) mass is 440 g/mol.